The van der Waals surface area contributed by atoms with Crippen LogP contribution in [0.15, 0.2) is 78.9 Å². The van der Waals surface area contributed by atoms with E-state index in [-0.39, 0.29) is 11.9 Å². The van der Waals surface area contributed by atoms with Gasteiger partial charge in [-0.25, -0.2) is 14.5 Å². The molecule has 0 unspecified atom stereocenters. The topological polar surface area (TPSA) is 82.7 Å². The van der Waals surface area contributed by atoms with Gasteiger partial charge in [0, 0.05) is 23.0 Å². The number of ether oxygens (including phenoxy) is 1. The van der Waals surface area contributed by atoms with Crippen LogP contribution in [0.1, 0.15) is 33.2 Å². The van der Waals surface area contributed by atoms with Gasteiger partial charge in [0.2, 0.25) is 0 Å². The summed E-state index contributed by atoms with van der Waals surface area (Å²) in [6, 6.07) is 22.5. The molecule has 0 radical (unpaired) electrons. The van der Waals surface area contributed by atoms with Gasteiger partial charge in [0.25, 0.3) is 5.91 Å². The van der Waals surface area contributed by atoms with Crippen molar-refractivity contribution in [2.24, 2.45) is 0 Å². The zero-order valence-corrected chi connectivity index (χ0v) is 18.4. The van der Waals surface area contributed by atoms with E-state index in [1.54, 1.807) is 29.2 Å². The molecule has 168 valence electrons. The lowest BCUT2D eigenvalue weighted by molar-refractivity contribution is -0.120. The quantitative estimate of drug-likeness (QED) is 0.369. The van der Waals surface area contributed by atoms with Gasteiger partial charge in [-0.05, 0) is 41.5 Å². The molecule has 3 aromatic carbocycles. The average molecular weight is 451 g/mol. The number of rotatable bonds is 3. The number of esters is 1. The van der Waals surface area contributed by atoms with Crippen molar-refractivity contribution in [2.75, 3.05) is 12.0 Å². The molecule has 2 aliphatic rings. The SMILES string of the molecule is COC(=O)c1ccc([C@H]2c3[nH]c4ccccc4c3C[C@H]3C(=O)N(c4ccccc4)C(=O)N23)cc1. The van der Waals surface area contributed by atoms with Gasteiger partial charge in [0.05, 0.1) is 18.4 Å². The number of nitrogens with zero attached hydrogens (tertiary/aromatic N) is 2. The highest BCUT2D eigenvalue weighted by Crippen LogP contribution is 2.44. The second kappa shape index (κ2) is 7.59. The lowest BCUT2D eigenvalue weighted by Gasteiger charge is -2.36. The summed E-state index contributed by atoms with van der Waals surface area (Å²) in [7, 11) is 1.34. The third-order valence-electron chi connectivity index (χ3n) is 6.71. The number of hydrogen-bond donors (Lipinski definition) is 1. The van der Waals surface area contributed by atoms with Crippen LogP contribution in [0.4, 0.5) is 10.5 Å². The maximum Gasteiger partial charge on any atom is 0.337 e. The number of hydrogen-bond acceptors (Lipinski definition) is 4. The monoisotopic (exact) mass is 451 g/mol. The van der Waals surface area contributed by atoms with E-state index in [1.165, 1.54) is 12.0 Å². The van der Waals surface area contributed by atoms with Gasteiger partial charge >= 0.3 is 12.0 Å². The van der Waals surface area contributed by atoms with Crippen molar-refractivity contribution in [2.45, 2.75) is 18.5 Å². The Labute approximate surface area is 195 Å². The van der Waals surface area contributed by atoms with Gasteiger partial charge in [-0.2, -0.15) is 0 Å². The van der Waals surface area contributed by atoms with E-state index < -0.39 is 18.1 Å². The number of fused-ring (bicyclic) bond motifs is 4. The predicted molar refractivity (Wildman–Crippen MR) is 127 cm³/mol. The number of methoxy groups -OCH3 is 1. The van der Waals surface area contributed by atoms with E-state index in [2.05, 4.69) is 4.98 Å². The van der Waals surface area contributed by atoms with E-state index in [1.807, 2.05) is 54.6 Å². The lowest BCUT2D eigenvalue weighted by atomic mass is 9.88. The van der Waals surface area contributed by atoms with Crippen LogP contribution >= 0.6 is 0 Å². The van der Waals surface area contributed by atoms with Gasteiger partial charge in [-0.3, -0.25) is 9.69 Å². The van der Waals surface area contributed by atoms with Gasteiger partial charge < -0.3 is 9.72 Å². The van der Waals surface area contributed by atoms with Crippen molar-refractivity contribution >= 4 is 34.5 Å². The zero-order chi connectivity index (χ0) is 23.4. The molecule has 0 saturated carbocycles. The summed E-state index contributed by atoms with van der Waals surface area (Å²) in [5.74, 6) is -0.662. The van der Waals surface area contributed by atoms with Crippen molar-refractivity contribution in [3.05, 3.63) is 101 Å². The highest BCUT2D eigenvalue weighted by Gasteiger charge is 2.53. The highest BCUT2D eigenvalue weighted by molar-refractivity contribution is 6.22. The van der Waals surface area contributed by atoms with Crippen LogP contribution in [-0.4, -0.2) is 40.9 Å². The molecule has 2 atom stereocenters. The summed E-state index contributed by atoms with van der Waals surface area (Å²) in [5.41, 5.74) is 4.67. The Kier molecular flexibility index (Phi) is 4.52. The number of aromatic amines is 1. The minimum Gasteiger partial charge on any atom is -0.465 e. The zero-order valence-electron chi connectivity index (χ0n) is 18.4. The number of urea groups is 1. The minimum atomic E-state index is -0.621. The van der Waals surface area contributed by atoms with Crippen molar-refractivity contribution < 1.29 is 19.1 Å². The Morgan fingerprint density at radius 2 is 1.65 bits per heavy atom. The lowest BCUT2D eigenvalue weighted by Crippen LogP contribution is -2.44. The number of imide groups is 1. The number of anilines is 1. The largest absolute Gasteiger partial charge is 0.465 e. The van der Waals surface area contributed by atoms with E-state index in [4.69, 9.17) is 4.74 Å². The Morgan fingerprint density at radius 1 is 0.941 bits per heavy atom. The van der Waals surface area contributed by atoms with Crippen LogP contribution in [0.25, 0.3) is 10.9 Å². The number of nitrogens with one attached hydrogen (secondary N) is 1. The van der Waals surface area contributed by atoms with Crippen LogP contribution in [-0.2, 0) is 16.0 Å². The first-order chi connectivity index (χ1) is 16.6. The third-order valence-corrected chi connectivity index (χ3v) is 6.71. The molecular weight excluding hydrogens is 430 g/mol. The highest BCUT2D eigenvalue weighted by atomic mass is 16.5. The summed E-state index contributed by atoms with van der Waals surface area (Å²) in [4.78, 5) is 45.7. The third kappa shape index (κ3) is 2.86. The summed E-state index contributed by atoms with van der Waals surface area (Å²) in [6.07, 6.45) is 0.435. The summed E-state index contributed by atoms with van der Waals surface area (Å²) >= 11 is 0. The van der Waals surface area contributed by atoms with Crippen LogP contribution in [0.2, 0.25) is 0 Å². The number of carbonyl (C=O) groups is 3. The van der Waals surface area contributed by atoms with Gasteiger partial charge in [0.1, 0.15) is 12.1 Å². The second-order valence-electron chi connectivity index (χ2n) is 8.50. The fourth-order valence-electron chi connectivity index (χ4n) is 5.16. The maximum atomic E-state index is 13.7. The molecule has 0 aliphatic carbocycles. The maximum absolute atomic E-state index is 13.7. The van der Waals surface area contributed by atoms with Crippen molar-refractivity contribution in [3.63, 3.8) is 0 Å². The molecule has 6 rings (SSSR count). The summed E-state index contributed by atoms with van der Waals surface area (Å²) in [5, 5.41) is 1.05. The van der Waals surface area contributed by atoms with Crippen LogP contribution < -0.4 is 4.90 Å². The smallest absolute Gasteiger partial charge is 0.337 e. The number of carbonyl (C=O) groups excluding carboxylic acids is 3. The summed E-state index contributed by atoms with van der Waals surface area (Å²) in [6.45, 7) is 0. The van der Waals surface area contributed by atoms with Crippen LogP contribution in [0, 0.1) is 0 Å². The number of aromatic nitrogens is 1. The first-order valence-corrected chi connectivity index (χ1v) is 11.1. The Hall–Kier alpha value is -4.39. The van der Waals surface area contributed by atoms with Crippen molar-refractivity contribution in [1.82, 2.24) is 9.88 Å². The number of para-hydroxylation sites is 2. The predicted octanol–water partition coefficient (Wildman–Crippen LogP) is 4.44. The number of H-pyrrole nitrogens is 1. The standard InChI is InChI=1S/C27H21N3O4/c1-34-26(32)17-13-11-16(12-14-17)24-23-20(19-9-5-6-10-21(19)28-23)15-22-25(31)29(27(33)30(22)24)18-7-3-2-4-8-18/h2-14,22,24,28H,15H2,1H3/t22-,24-/m0/s1. The number of amides is 3. The normalized spacial score (nSPS) is 19.3. The Bertz CT molecular complexity index is 1440. The van der Waals surface area contributed by atoms with E-state index in [0.717, 1.165) is 27.7 Å². The molecule has 34 heavy (non-hydrogen) atoms. The van der Waals surface area contributed by atoms with Gasteiger partial charge in [-0.15, -0.1) is 0 Å². The summed E-state index contributed by atoms with van der Waals surface area (Å²) < 4.78 is 4.82. The van der Waals surface area contributed by atoms with E-state index in [9.17, 15) is 14.4 Å². The Morgan fingerprint density at radius 3 is 2.38 bits per heavy atom. The van der Waals surface area contributed by atoms with Crippen molar-refractivity contribution in [1.29, 1.82) is 0 Å². The second-order valence-corrected chi connectivity index (χ2v) is 8.50. The minimum absolute atomic E-state index is 0.233. The molecule has 1 N–H and O–H groups in total. The first kappa shape index (κ1) is 20.2. The molecule has 3 amide bonds. The fraction of sp³-hybridized carbons (Fsp3) is 0.148. The molecule has 2 aliphatic heterocycles. The molecule has 1 fully saturated rings. The molecular formula is C27H21N3O4. The van der Waals surface area contributed by atoms with Gasteiger partial charge in [0.15, 0.2) is 0 Å². The molecule has 1 aromatic heterocycles. The molecule has 1 saturated heterocycles. The fourth-order valence-corrected chi connectivity index (χ4v) is 5.16. The molecule has 7 heteroatoms. The first-order valence-electron chi connectivity index (χ1n) is 11.1. The molecule has 0 spiro atoms. The van der Waals surface area contributed by atoms with E-state index in [0.29, 0.717) is 17.7 Å². The van der Waals surface area contributed by atoms with Crippen LogP contribution in [0.3, 0.4) is 0 Å². The number of benzene rings is 3. The van der Waals surface area contributed by atoms with Crippen molar-refractivity contribution in [3.8, 4) is 0 Å². The van der Waals surface area contributed by atoms with Gasteiger partial charge in [-0.1, -0.05) is 48.5 Å². The molecule has 4 aromatic rings. The van der Waals surface area contributed by atoms with Crippen LogP contribution in [0.5, 0.6) is 0 Å². The Balaban J connectivity index is 1.52. The van der Waals surface area contributed by atoms with E-state index >= 15 is 0 Å². The molecule has 3 heterocycles. The average Bonchev–Trinajstić information content (AvgIpc) is 3.37. The molecule has 0 bridgehead atoms. The molecule has 7 nitrogen and oxygen atoms in total.